The van der Waals surface area contributed by atoms with Gasteiger partial charge in [-0.25, -0.2) is 12.7 Å². The molecule has 1 N–H and O–H groups in total. The summed E-state index contributed by atoms with van der Waals surface area (Å²) in [4.78, 5) is 0. The number of allylic oxidation sites excluding steroid dienone is 1. The van der Waals surface area contributed by atoms with E-state index in [0.29, 0.717) is 6.54 Å². The number of unbranched alkanes of at least 4 members (excludes halogenated alkanes) is 2. The molecule has 0 aliphatic carbocycles. The van der Waals surface area contributed by atoms with E-state index in [2.05, 4.69) is 18.8 Å². The summed E-state index contributed by atoms with van der Waals surface area (Å²) >= 11 is 0. The quantitative estimate of drug-likeness (QED) is 0.438. The molecule has 0 spiro atoms. The Kier molecular flexibility index (Phi) is 10.3. The van der Waals surface area contributed by atoms with E-state index in [9.17, 15) is 8.42 Å². The van der Waals surface area contributed by atoms with E-state index in [1.54, 1.807) is 7.05 Å². The van der Waals surface area contributed by atoms with Crippen LogP contribution in [0.1, 0.15) is 39.0 Å². The zero-order valence-electron chi connectivity index (χ0n) is 11.8. The summed E-state index contributed by atoms with van der Waals surface area (Å²) in [6.45, 7) is 8.25. The van der Waals surface area contributed by atoms with Crippen LogP contribution in [-0.4, -0.2) is 45.2 Å². The van der Waals surface area contributed by atoms with Crippen molar-refractivity contribution < 1.29 is 8.42 Å². The van der Waals surface area contributed by atoms with Crippen LogP contribution in [0.15, 0.2) is 12.7 Å². The van der Waals surface area contributed by atoms with Crippen molar-refractivity contribution in [2.45, 2.75) is 39.0 Å². The van der Waals surface area contributed by atoms with Gasteiger partial charge in [-0.15, -0.1) is 6.58 Å². The minimum Gasteiger partial charge on any atom is -0.317 e. The lowest BCUT2D eigenvalue weighted by molar-refractivity contribution is 0.460. The second kappa shape index (κ2) is 10.5. The molecule has 0 aliphatic rings. The first kappa shape index (κ1) is 17.6. The maximum Gasteiger partial charge on any atom is 0.213 e. The smallest absolute Gasteiger partial charge is 0.213 e. The van der Waals surface area contributed by atoms with Crippen molar-refractivity contribution in [2.75, 3.05) is 32.4 Å². The molecule has 0 atom stereocenters. The lowest BCUT2D eigenvalue weighted by atomic mass is 10.3. The molecule has 108 valence electrons. The standard InChI is InChI=1S/C13H28N2O2S/c1-4-6-8-12-15(3)18(16,17)13-9-7-11-14-10-5-2/h4,14H,1,5-13H2,2-3H3. The summed E-state index contributed by atoms with van der Waals surface area (Å²) < 4.78 is 25.3. The van der Waals surface area contributed by atoms with Gasteiger partial charge in [0.05, 0.1) is 5.75 Å². The predicted molar refractivity (Wildman–Crippen MR) is 78.2 cm³/mol. The number of rotatable bonds is 12. The second-order valence-electron chi connectivity index (χ2n) is 4.53. The average Bonchev–Trinajstić information content (AvgIpc) is 2.33. The minimum atomic E-state index is -3.06. The number of sulfonamides is 1. The van der Waals surface area contributed by atoms with Crippen LogP contribution in [0.5, 0.6) is 0 Å². The molecule has 0 aliphatic heterocycles. The van der Waals surface area contributed by atoms with Gasteiger partial charge < -0.3 is 5.32 Å². The molecule has 0 aromatic heterocycles. The zero-order valence-corrected chi connectivity index (χ0v) is 12.6. The molecule has 0 fully saturated rings. The summed E-state index contributed by atoms with van der Waals surface area (Å²) in [6, 6.07) is 0. The van der Waals surface area contributed by atoms with Gasteiger partial charge in [0.15, 0.2) is 0 Å². The van der Waals surface area contributed by atoms with Crippen molar-refractivity contribution in [2.24, 2.45) is 0 Å². The largest absolute Gasteiger partial charge is 0.317 e. The van der Waals surface area contributed by atoms with Gasteiger partial charge in [0, 0.05) is 13.6 Å². The van der Waals surface area contributed by atoms with E-state index in [0.717, 1.165) is 45.2 Å². The Hall–Kier alpha value is -0.390. The Labute approximate surface area is 112 Å². The third kappa shape index (κ3) is 8.66. The van der Waals surface area contributed by atoms with Crippen LogP contribution >= 0.6 is 0 Å². The highest BCUT2D eigenvalue weighted by Gasteiger charge is 2.16. The van der Waals surface area contributed by atoms with Crippen molar-refractivity contribution in [3.63, 3.8) is 0 Å². The number of nitrogens with zero attached hydrogens (tertiary/aromatic N) is 1. The van der Waals surface area contributed by atoms with E-state index in [4.69, 9.17) is 0 Å². The highest BCUT2D eigenvalue weighted by atomic mass is 32.2. The molecule has 5 heteroatoms. The fourth-order valence-corrected chi connectivity index (χ4v) is 2.88. The van der Waals surface area contributed by atoms with Gasteiger partial charge in [0.1, 0.15) is 0 Å². The minimum absolute atomic E-state index is 0.255. The zero-order chi connectivity index (χ0) is 13.9. The van der Waals surface area contributed by atoms with E-state index in [1.807, 2.05) is 6.08 Å². The van der Waals surface area contributed by atoms with Gasteiger partial charge in [-0.3, -0.25) is 0 Å². The number of hydrogen-bond donors (Lipinski definition) is 1. The summed E-state index contributed by atoms with van der Waals surface area (Å²) in [7, 11) is -1.40. The Balaban J connectivity index is 3.74. The van der Waals surface area contributed by atoms with Gasteiger partial charge in [-0.1, -0.05) is 13.0 Å². The fourth-order valence-electron chi connectivity index (χ4n) is 1.59. The van der Waals surface area contributed by atoms with E-state index in [-0.39, 0.29) is 5.75 Å². The van der Waals surface area contributed by atoms with Gasteiger partial charge >= 0.3 is 0 Å². The molecule has 0 unspecified atom stereocenters. The number of hydrogen-bond acceptors (Lipinski definition) is 3. The second-order valence-corrected chi connectivity index (χ2v) is 6.72. The molecular weight excluding hydrogens is 248 g/mol. The lowest BCUT2D eigenvalue weighted by Gasteiger charge is -2.16. The van der Waals surface area contributed by atoms with Crippen LogP contribution in [0.3, 0.4) is 0 Å². The molecule has 0 bridgehead atoms. The summed E-state index contributed by atoms with van der Waals surface area (Å²) in [5.74, 6) is 0.255. The Morgan fingerprint density at radius 3 is 2.56 bits per heavy atom. The monoisotopic (exact) mass is 276 g/mol. The summed E-state index contributed by atoms with van der Waals surface area (Å²) in [5, 5.41) is 3.27. The van der Waals surface area contributed by atoms with Crippen molar-refractivity contribution in [3.05, 3.63) is 12.7 Å². The fraction of sp³-hybridized carbons (Fsp3) is 0.846. The lowest BCUT2D eigenvalue weighted by Crippen LogP contribution is -2.30. The Morgan fingerprint density at radius 2 is 1.94 bits per heavy atom. The molecule has 0 saturated carbocycles. The highest BCUT2D eigenvalue weighted by molar-refractivity contribution is 7.89. The van der Waals surface area contributed by atoms with Gasteiger partial charge in [-0.2, -0.15) is 0 Å². The van der Waals surface area contributed by atoms with Crippen molar-refractivity contribution in [3.8, 4) is 0 Å². The maximum absolute atomic E-state index is 11.9. The molecule has 0 aromatic carbocycles. The van der Waals surface area contributed by atoms with Crippen LogP contribution in [0.4, 0.5) is 0 Å². The predicted octanol–water partition coefficient (Wildman–Crippen LogP) is 1.99. The molecular formula is C13H28N2O2S. The van der Waals surface area contributed by atoms with Crippen molar-refractivity contribution >= 4 is 10.0 Å². The van der Waals surface area contributed by atoms with Crippen molar-refractivity contribution in [1.82, 2.24) is 9.62 Å². The molecule has 0 amide bonds. The summed E-state index contributed by atoms with van der Waals surface area (Å²) in [6.07, 6.45) is 6.28. The molecule has 0 heterocycles. The van der Waals surface area contributed by atoms with Gasteiger partial charge in [0.2, 0.25) is 10.0 Å². The van der Waals surface area contributed by atoms with Crippen LogP contribution in [0, 0.1) is 0 Å². The van der Waals surface area contributed by atoms with E-state index >= 15 is 0 Å². The molecule has 0 rings (SSSR count). The first-order chi connectivity index (χ1) is 8.54. The summed E-state index contributed by atoms with van der Waals surface area (Å²) in [5.41, 5.74) is 0. The van der Waals surface area contributed by atoms with Gasteiger partial charge in [-0.05, 0) is 45.2 Å². The normalized spacial score (nSPS) is 11.9. The third-order valence-corrected chi connectivity index (χ3v) is 4.73. The highest BCUT2D eigenvalue weighted by Crippen LogP contribution is 2.04. The van der Waals surface area contributed by atoms with Crippen LogP contribution < -0.4 is 5.32 Å². The van der Waals surface area contributed by atoms with Crippen LogP contribution in [0.25, 0.3) is 0 Å². The molecule has 4 nitrogen and oxygen atoms in total. The SMILES string of the molecule is C=CCCCN(C)S(=O)(=O)CCCCNCCC. The Morgan fingerprint density at radius 1 is 1.22 bits per heavy atom. The molecule has 18 heavy (non-hydrogen) atoms. The molecule has 0 aromatic rings. The first-order valence-electron chi connectivity index (χ1n) is 6.80. The average molecular weight is 276 g/mol. The first-order valence-corrected chi connectivity index (χ1v) is 8.41. The van der Waals surface area contributed by atoms with E-state index in [1.165, 1.54) is 4.31 Å². The topological polar surface area (TPSA) is 49.4 Å². The molecule has 0 radical (unpaired) electrons. The Bertz CT molecular complexity index is 302. The molecule has 0 saturated heterocycles. The third-order valence-electron chi connectivity index (χ3n) is 2.79. The van der Waals surface area contributed by atoms with Gasteiger partial charge in [0.25, 0.3) is 0 Å². The van der Waals surface area contributed by atoms with Crippen LogP contribution in [0.2, 0.25) is 0 Å². The number of nitrogens with one attached hydrogen (secondary N) is 1. The van der Waals surface area contributed by atoms with E-state index < -0.39 is 10.0 Å². The van der Waals surface area contributed by atoms with Crippen molar-refractivity contribution in [1.29, 1.82) is 0 Å². The van der Waals surface area contributed by atoms with Crippen LogP contribution in [-0.2, 0) is 10.0 Å². The maximum atomic E-state index is 11.9.